The SMILES string of the molecule is CCN(Cc1ccc(C(=O)NCCc2ccc(OC)cc2OC)cc1)C(C)C. The number of rotatable bonds is 10. The summed E-state index contributed by atoms with van der Waals surface area (Å²) in [5, 5.41) is 2.98. The molecule has 0 bridgehead atoms. The van der Waals surface area contributed by atoms with E-state index in [-0.39, 0.29) is 5.91 Å². The van der Waals surface area contributed by atoms with Crippen molar-refractivity contribution in [1.82, 2.24) is 10.2 Å². The molecule has 0 unspecified atom stereocenters. The van der Waals surface area contributed by atoms with Gasteiger partial charge < -0.3 is 14.8 Å². The summed E-state index contributed by atoms with van der Waals surface area (Å²) in [5.74, 6) is 1.46. The van der Waals surface area contributed by atoms with Crippen LogP contribution in [0.4, 0.5) is 0 Å². The minimum atomic E-state index is -0.0600. The molecule has 0 aromatic heterocycles. The lowest BCUT2D eigenvalue weighted by atomic mass is 10.1. The first kappa shape index (κ1) is 21.8. The Labute approximate surface area is 168 Å². The van der Waals surface area contributed by atoms with Gasteiger partial charge in [0.25, 0.3) is 5.91 Å². The first-order valence-corrected chi connectivity index (χ1v) is 9.80. The Bertz CT molecular complexity index is 757. The van der Waals surface area contributed by atoms with Crippen molar-refractivity contribution in [2.75, 3.05) is 27.3 Å². The molecule has 1 amide bonds. The average molecular weight is 385 g/mol. The molecule has 0 spiro atoms. The smallest absolute Gasteiger partial charge is 0.251 e. The fourth-order valence-electron chi connectivity index (χ4n) is 3.13. The predicted octanol–water partition coefficient (Wildman–Crippen LogP) is 3.91. The number of methoxy groups -OCH3 is 2. The van der Waals surface area contributed by atoms with E-state index in [9.17, 15) is 4.79 Å². The summed E-state index contributed by atoms with van der Waals surface area (Å²) >= 11 is 0. The summed E-state index contributed by atoms with van der Waals surface area (Å²) < 4.78 is 10.6. The minimum absolute atomic E-state index is 0.0600. The van der Waals surface area contributed by atoms with Gasteiger partial charge in [-0.2, -0.15) is 0 Å². The lowest BCUT2D eigenvalue weighted by Gasteiger charge is -2.24. The van der Waals surface area contributed by atoms with Crippen LogP contribution < -0.4 is 14.8 Å². The average Bonchev–Trinajstić information content (AvgIpc) is 2.72. The van der Waals surface area contributed by atoms with E-state index in [4.69, 9.17) is 9.47 Å². The van der Waals surface area contributed by atoms with Gasteiger partial charge in [0, 0.05) is 30.8 Å². The molecule has 0 aliphatic heterocycles. The lowest BCUT2D eigenvalue weighted by molar-refractivity contribution is 0.0954. The summed E-state index contributed by atoms with van der Waals surface area (Å²) in [7, 11) is 3.26. The van der Waals surface area contributed by atoms with Crippen molar-refractivity contribution < 1.29 is 14.3 Å². The maximum Gasteiger partial charge on any atom is 0.251 e. The monoisotopic (exact) mass is 384 g/mol. The van der Waals surface area contributed by atoms with Gasteiger partial charge in [-0.15, -0.1) is 0 Å². The van der Waals surface area contributed by atoms with E-state index in [0.29, 0.717) is 24.6 Å². The number of nitrogens with zero attached hydrogens (tertiary/aromatic N) is 1. The summed E-state index contributed by atoms with van der Waals surface area (Å²) in [6, 6.07) is 14.1. The normalized spacial score (nSPS) is 11.0. The van der Waals surface area contributed by atoms with Gasteiger partial charge in [-0.3, -0.25) is 9.69 Å². The third-order valence-corrected chi connectivity index (χ3v) is 4.91. The minimum Gasteiger partial charge on any atom is -0.497 e. The van der Waals surface area contributed by atoms with Crippen LogP contribution in [0.25, 0.3) is 0 Å². The van der Waals surface area contributed by atoms with Crippen molar-refractivity contribution in [3.8, 4) is 11.5 Å². The first-order valence-electron chi connectivity index (χ1n) is 9.80. The third-order valence-electron chi connectivity index (χ3n) is 4.91. The van der Waals surface area contributed by atoms with Gasteiger partial charge in [-0.05, 0) is 56.1 Å². The van der Waals surface area contributed by atoms with Crippen molar-refractivity contribution in [2.45, 2.75) is 39.8 Å². The number of benzene rings is 2. The van der Waals surface area contributed by atoms with Crippen LogP contribution in [-0.4, -0.2) is 44.2 Å². The molecular weight excluding hydrogens is 352 g/mol. The number of carbonyl (C=O) groups excluding carboxylic acids is 1. The van der Waals surface area contributed by atoms with E-state index in [1.807, 2.05) is 42.5 Å². The summed E-state index contributed by atoms with van der Waals surface area (Å²) in [5.41, 5.74) is 2.93. The molecule has 0 atom stereocenters. The summed E-state index contributed by atoms with van der Waals surface area (Å²) in [4.78, 5) is 14.8. The fraction of sp³-hybridized carbons (Fsp3) is 0.435. The molecule has 0 radical (unpaired) electrons. The van der Waals surface area contributed by atoms with Gasteiger partial charge in [0.1, 0.15) is 11.5 Å². The maximum atomic E-state index is 12.4. The molecule has 0 aliphatic rings. The van der Waals surface area contributed by atoms with Gasteiger partial charge >= 0.3 is 0 Å². The molecular formula is C23H32N2O3. The molecule has 0 heterocycles. The molecule has 1 N–H and O–H groups in total. The number of amides is 1. The van der Waals surface area contributed by atoms with Crippen LogP contribution in [-0.2, 0) is 13.0 Å². The molecule has 28 heavy (non-hydrogen) atoms. The predicted molar refractivity (Wildman–Crippen MR) is 113 cm³/mol. The zero-order valence-electron chi connectivity index (χ0n) is 17.6. The van der Waals surface area contributed by atoms with E-state index >= 15 is 0 Å². The molecule has 152 valence electrons. The Hall–Kier alpha value is -2.53. The fourth-order valence-corrected chi connectivity index (χ4v) is 3.13. The highest BCUT2D eigenvalue weighted by atomic mass is 16.5. The maximum absolute atomic E-state index is 12.4. The Morgan fingerprint density at radius 1 is 1.07 bits per heavy atom. The van der Waals surface area contributed by atoms with E-state index in [2.05, 4.69) is 31.0 Å². The van der Waals surface area contributed by atoms with Gasteiger partial charge in [-0.25, -0.2) is 0 Å². The number of carbonyl (C=O) groups is 1. The van der Waals surface area contributed by atoms with Gasteiger partial charge in [-0.1, -0.05) is 25.1 Å². The van der Waals surface area contributed by atoms with Crippen molar-refractivity contribution in [3.05, 3.63) is 59.2 Å². The van der Waals surface area contributed by atoms with Crippen LogP contribution in [0.5, 0.6) is 11.5 Å². The lowest BCUT2D eigenvalue weighted by Crippen LogP contribution is -2.30. The number of ether oxygens (including phenoxy) is 2. The Morgan fingerprint density at radius 3 is 2.36 bits per heavy atom. The Morgan fingerprint density at radius 2 is 1.79 bits per heavy atom. The Kier molecular flexibility index (Phi) is 8.33. The van der Waals surface area contributed by atoms with Crippen molar-refractivity contribution >= 4 is 5.91 Å². The largest absolute Gasteiger partial charge is 0.497 e. The molecule has 0 fully saturated rings. The molecule has 2 rings (SSSR count). The number of nitrogens with one attached hydrogen (secondary N) is 1. The standard InChI is InChI=1S/C23H32N2O3/c1-6-25(17(2)3)16-18-7-9-20(10-8-18)23(26)24-14-13-19-11-12-21(27-4)15-22(19)28-5/h7-12,15,17H,6,13-14,16H2,1-5H3,(H,24,26). The summed E-state index contributed by atoms with van der Waals surface area (Å²) in [6.07, 6.45) is 0.691. The van der Waals surface area contributed by atoms with E-state index in [1.165, 1.54) is 5.56 Å². The van der Waals surface area contributed by atoms with Gasteiger partial charge in [0.05, 0.1) is 14.2 Å². The van der Waals surface area contributed by atoms with Crippen LogP contribution in [0.15, 0.2) is 42.5 Å². The Balaban J connectivity index is 1.90. The second kappa shape index (κ2) is 10.7. The van der Waals surface area contributed by atoms with Crippen LogP contribution >= 0.6 is 0 Å². The van der Waals surface area contributed by atoms with Crippen molar-refractivity contribution in [3.63, 3.8) is 0 Å². The third kappa shape index (κ3) is 5.99. The van der Waals surface area contributed by atoms with E-state index < -0.39 is 0 Å². The highest BCUT2D eigenvalue weighted by Crippen LogP contribution is 2.24. The second-order valence-corrected chi connectivity index (χ2v) is 7.04. The van der Waals surface area contributed by atoms with Crippen LogP contribution in [0, 0.1) is 0 Å². The van der Waals surface area contributed by atoms with Gasteiger partial charge in [0.15, 0.2) is 0 Å². The van der Waals surface area contributed by atoms with Crippen molar-refractivity contribution in [1.29, 1.82) is 0 Å². The molecule has 0 saturated carbocycles. The van der Waals surface area contributed by atoms with Crippen LogP contribution in [0.1, 0.15) is 42.3 Å². The molecule has 2 aromatic rings. The number of hydrogen-bond donors (Lipinski definition) is 1. The zero-order chi connectivity index (χ0) is 20.5. The van der Waals surface area contributed by atoms with E-state index in [0.717, 1.165) is 30.2 Å². The van der Waals surface area contributed by atoms with Crippen LogP contribution in [0.3, 0.4) is 0 Å². The topological polar surface area (TPSA) is 50.8 Å². The molecule has 5 heteroatoms. The van der Waals surface area contributed by atoms with Crippen molar-refractivity contribution in [2.24, 2.45) is 0 Å². The zero-order valence-corrected chi connectivity index (χ0v) is 17.6. The second-order valence-electron chi connectivity index (χ2n) is 7.04. The highest BCUT2D eigenvalue weighted by molar-refractivity contribution is 5.94. The van der Waals surface area contributed by atoms with E-state index in [1.54, 1.807) is 14.2 Å². The molecule has 0 saturated heterocycles. The number of hydrogen-bond acceptors (Lipinski definition) is 4. The first-order chi connectivity index (χ1) is 13.5. The highest BCUT2D eigenvalue weighted by Gasteiger charge is 2.10. The molecule has 5 nitrogen and oxygen atoms in total. The quantitative estimate of drug-likeness (QED) is 0.675. The molecule has 0 aliphatic carbocycles. The summed E-state index contributed by atoms with van der Waals surface area (Å²) in [6.45, 7) is 9.01. The molecule has 2 aromatic carbocycles. The van der Waals surface area contributed by atoms with Crippen LogP contribution in [0.2, 0.25) is 0 Å². The van der Waals surface area contributed by atoms with Gasteiger partial charge in [0.2, 0.25) is 0 Å².